The van der Waals surface area contributed by atoms with Crippen LogP contribution < -0.4 is 11.1 Å². The van der Waals surface area contributed by atoms with Gasteiger partial charge in [-0.1, -0.05) is 0 Å². The number of aromatic nitrogens is 2. The second-order valence-corrected chi connectivity index (χ2v) is 3.77. The Balaban J connectivity index is 2.69. The number of nitrogen functional groups attached to an aromatic ring is 1. The fraction of sp³-hybridized carbons (Fsp3) is 0.556. The van der Waals surface area contributed by atoms with Crippen molar-refractivity contribution < 1.29 is 10.2 Å². The van der Waals surface area contributed by atoms with Crippen LogP contribution in [0, 0.1) is 6.92 Å². The van der Waals surface area contributed by atoms with Crippen molar-refractivity contribution in [2.24, 2.45) is 0 Å². The normalized spacial score (nSPS) is 14.7. The standard InChI is InChI=1S/C9H16N4O2/c1-6-3-11-8(10)13-7(6)12-4-9(2,15)5-14/h3,14-15H,4-5H2,1-2H3,(H3,10,11,12,13). The van der Waals surface area contributed by atoms with Crippen molar-refractivity contribution in [2.75, 3.05) is 24.2 Å². The second kappa shape index (κ2) is 4.41. The van der Waals surface area contributed by atoms with Crippen LogP contribution in [0.3, 0.4) is 0 Å². The average Bonchev–Trinajstić information content (AvgIpc) is 2.20. The number of aryl methyl sites for hydroxylation is 1. The summed E-state index contributed by atoms with van der Waals surface area (Å²) >= 11 is 0. The number of aliphatic hydroxyl groups is 2. The molecule has 0 aromatic carbocycles. The summed E-state index contributed by atoms with van der Waals surface area (Å²) in [4.78, 5) is 7.79. The molecule has 1 rings (SSSR count). The van der Waals surface area contributed by atoms with Gasteiger partial charge in [0.2, 0.25) is 5.95 Å². The van der Waals surface area contributed by atoms with E-state index < -0.39 is 5.60 Å². The van der Waals surface area contributed by atoms with E-state index >= 15 is 0 Å². The molecule has 1 aromatic heterocycles. The van der Waals surface area contributed by atoms with E-state index in [0.717, 1.165) is 5.56 Å². The summed E-state index contributed by atoms with van der Waals surface area (Å²) in [6, 6.07) is 0. The van der Waals surface area contributed by atoms with Crippen LogP contribution in [-0.4, -0.2) is 38.9 Å². The molecule has 0 aliphatic heterocycles. The highest BCUT2D eigenvalue weighted by Crippen LogP contribution is 2.12. The van der Waals surface area contributed by atoms with E-state index in [1.54, 1.807) is 6.20 Å². The van der Waals surface area contributed by atoms with Crippen LogP contribution in [0.1, 0.15) is 12.5 Å². The van der Waals surface area contributed by atoms with E-state index in [9.17, 15) is 5.11 Å². The van der Waals surface area contributed by atoms with Gasteiger partial charge in [-0.15, -0.1) is 0 Å². The maximum absolute atomic E-state index is 9.56. The number of anilines is 2. The zero-order valence-corrected chi connectivity index (χ0v) is 8.86. The lowest BCUT2D eigenvalue weighted by Crippen LogP contribution is -2.37. The molecule has 0 aliphatic rings. The lowest BCUT2D eigenvalue weighted by molar-refractivity contribution is 0.0131. The molecule has 0 aliphatic carbocycles. The monoisotopic (exact) mass is 212 g/mol. The number of nitrogens with two attached hydrogens (primary N) is 1. The van der Waals surface area contributed by atoms with E-state index in [1.165, 1.54) is 6.92 Å². The van der Waals surface area contributed by atoms with Crippen molar-refractivity contribution in [1.29, 1.82) is 0 Å². The van der Waals surface area contributed by atoms with Crippen LogP contribution in [0.5, 0.6) is 0 Å². The molecule has 0 fully saturated rings. The van der Waals surface area contributed by atoms with Gasteiger partial charge in [-0.3, -0.25) is 0 Å². The quantitative estimate of drug-likeness (QED) is 0.537. The van der Waals surface area contributed by atoms with E-state index in [4.69, 9.17) is 10.8 Å². The van der Waals surface area contributed by atoms with Gasteiger partial charge >= 0.3 is 0 Å². The van der Waals surface area contributed by atoms with Gasteiger partial charge < -0.3 is 21.3 Å². The third-order valence-electron chi connectivity index (χ3n) is 1.97. The number of aliphatic hydroxyl groups excluding tert-OH is 1. The number of hydrogen-bond donors (Lipinski definition) is 4. The Morgan fingerprint density at radius 3 is 2.87 bits per heavy atom. The predicted octanol–water partition coefficient (Wildman–Crippen LogP) is -0.478. The summed E-state index contributed by atoms with van der Waals surface area (Å²) in [5, 5.41) is 21.3. The van der Waals surface area contributed by atoms with Crippen molar-refractivity contribution in [1.82, 2.24) is 9.97 Å². The summed E-state index contributed by atoms with van der Waals surface area (Å²) in [5.41, 5.74) is 5.08. The fourth-order valence-corrected chi connectivity index (χ4v) is 0.965. The molecular formula is C9H16N4O2. The Hall–Kier alpha value is -1.40. The zero-order chi connectivity index (χ0) is 11.5. The van der Waals surface area contributed by atoms with Crippen molar-refractivity contribution in [3.8, 4) is 0 Å². The van der Waals surface area contributed by atoms with E-state index in [0.29, 0.717) is 5.82 Å². The highest BCUT2D eigenvalue weighted by Gasteiger charge is 2.19. The number of hydrogen-bond acceptors (Lipinski definition) is 6. The first-order chi connectivity index (χ1) is 6.94. The minimum atomic E-state index is -1.17. The lowest BCUT2D eigenvalue weighted by Gasteiger charge is -2.21. The van der Waals surface area contributed by atoms with Crippen LogP contribution in [0.25, 0.3) is 0 Å². The molecular weight excluding hydrogens is 196 g/mol. The molecule has 84 valence electrons. The minimum absolute atomic E-state index is 0.173. The smallest absolute Gasteiger partial charge is 0.221 e. The molecule has 1 aromatic rings. The van der Waals surface area contributed by atoms with Crippen molar-refractivity contribution in [3.63, 3.8) is 0 Å². The topological polar surface area (TPSA) is 104 Å². The third-order valence-corrected chi connectivity index (χ3v) is 1.97. The van der Waals surface area contributed by atoms with Gasteiger partial charge in [-0.25, -0.2) is 4.98 Å². The van der Waals surface area contributed by atoms with Gasteiger partial charge in [0.1, 0.15) is 11.4 Å². The first kappa shape index (κ1) is 11.7. The molecule has 6 nitrogen and oxygen atoms in total. The maximum Gasteiger partial charge on any atom is 0.221 e. The second-order valence-electron chi connectivity index (χ2n) is 3.77. The minimum Gasteiger partial charge on any atom is -0.393 e. The van der Waals surface area contributed by atoms with Gasteiger partial charge in [-0.05, 0) is 13.8 Å². The Morgan fingerprint density at radius 2 is 2.27 bits per heavy atom. The van der Waals surface area contributed by atoms with Crippen molar-refractivity contribution >= 4 is 11.8 Å². The molecule has 1 unspecified atom stereocenters. The van der Waals surface area contributed by atoms with Gasteiger partial charge in [0.25, 0.3) is 0 Å². The molecule has 6 heteroatoms. The Kier molecular flexibility index (Phi) is 3.43. The highest BCUT2D eigenvalue weighted by molar-refractivity contribution is 5.45. The van der Waals surface area contributed by atoms with Crippen molar-refractivity contribution in [2.45, 2.75) is 19.4 Å². The number of nitrogens with zero attached hydrogens (tertiary/aromatic N) is 2. The maximum atomic E-state index is 9.56. The summed E-state index contributed by atoms with van der Waals surface area (Å²) < 4.78 is 0. The largest absolute Gasteiger partial charge is 0.393 e. The summed E-state index contributed by atoms with van der Waals surface area (Å²) in [5.74, 6) is 0.739. The summed E-state index contributed by atoms with van der Waals surface area (Å²) in [6.45, 7) is 3.23. The summed E-state index contributed by atoms with van der Waals surface area (Å²) in [7, 11) is 0. The molecule has 1 atom stereocenters. The van der Waals surface area contributed by atoms with Crippen LogP contribution >= 0.6 is 0 Å². The van der Waals surface area contributed by atoms with E-state index in [2.05, 4.69) is 15.3 Å². The molecule has 0 saturated carbocycles. The lowest BCUT2D eigenvalue weighted by atomic mass is 10.1. The van der Waals surface area contributed by atoms with Crippen molar-refractivity contribution in [3.05, 3.63) is 11.8 Å². The molecule has 0 saturated heterocycles. The average molecular weight is 212 g/mol. The van der Waals surface area contributed by atoms with Crippen LogP contribution in [0.2, 0.25) is 0 Å². The molecule has 1 heterocycles. The van der Waals surface area contributed by atoms with Crippen LogP contribution in [-0.2, 0) is 0 Å². The Bertz CT molecular complexity index is 341. The molecule has 0 spiro atoms. The molecule has 0 amide bonds. The molecule has 15 heavy (non-hydrogen) atoms. The molecule has 0 radical (unpaired) electrons. The fourth-order valence-electron chi connectivity index (χ4n) is 0.965. The summed E-state index contributed by atoms with van der Waals surface area (Å²) in [6.07, 6.45) is 1.60. The van der Waals surface area contributed by atoms with Crippen LogP contribution in [0.4, 0.5) is 11.8 Å². The predicted molar refractivity (Wildman–Crippen MR) is 57.4 cm³/mol. The molecule has 5 N–H and O–H groups in total. The SMILES string of the molecule is Cc1cnc(N)nc1NCC(C)(O)CO. The van der Waals surface area contributed by atoms with E-state index in [1.807, 2.05) is 6.92 Å². The van der Waals surface area contributed by atoms with Gasteiger partial charge in [-0.2, -0.15) is 4.98 Å². The first-order valence-electron chi connectivity index (χ1n) is 4.61. The first-order valence-corrected chi connectivity index (χ1v) is 4.61. The number of nitrogens with one attached hydrogen (secondary N) is 1. The molecule has 0 bridgehead atoms. The highest BCUT2D eigenvalue weighted by atomic mass is 16.3. The zero-order valence-electron chi connectivity index (χ0n) is 8.86. The van der Waals surface area contributed by atoms with Gasteiger partial charge in [0.15, 0.2) is 0 Å². The third kappa shape index (κ3) is 3.34. The van der Waals surface area contributed by atoms with Gasteiger partial charge in [0, 0.05) is 18.3 Å². The Labute approximate surface area is 88.2 Å². The number of rotatable bonds is 4. The Morgan fingerprint density at radius 1 is 1.60 bits per heavy atom. The van der Waals surface area contributed by atoms with E-state index in [-0.39, 0.29) is 19.1 Å². The van der Waals surface area contributed by atoms with Crippen LogP contribution in [0.15, 0.2) is 6.20 Å². The van der Waals surface area contributed by atoms with Gasteiger partial charge in [0.05, 0.1) is 6.61 Å².